The SMILES string of the molecule is CCSCCOc1ccc(Br)cc1C=O. The van der Waals surface area contributed by atoms with Crippen LogP contribution in [0, 0.1) is 0 Å². The number of thioether (sulfide) groups is 1. The largest absolute Gasteiger partial charge is 0.492 e. The van der Waals surface area contributed by atoms with Crippen molar-refractivity contribution in [3.8, 4) is 5.75 Å². The van der Waals surface area contributed by atoms with Crippen molar-refractivity contribution in [1.29, 1.82) is 0 Å². The first-order valence-corrected chi connectivity index (χ1v) is 6.68. The molecule has 0 saturated carbocycles. The van der Waals surface area contributed by atoms with Crippen molar-refractivity contribution in [2.45, 2.75) is 6.92 Å². The lowest BCUT2D eigenvalue weighted by molar-refractivity contribution is 0.112. The van der Waals surface area contributed by atoms with Crippen LogP contribution in [0.1, 0.15) is 17.3 Å². The average Bonchev–Trinajstić information content (AvgIpc) is 2.26. The van der Waals surface area contributed by atoms with E-state index in [0.717, 1.165) is 22.3 Å². The summed E-state index contributed by atoms with van der Waals surface area (Å²) in [5, 5.41) is 0. The van der Waals surface area contributed by atoms with Gasteiger partial charge in [-0.15, -0.1) is 0 Å². The van der Waals surface area contributed by atoms with Crippen LogP contribution in [-0.2, 0) is 0 Å². The van der Waals surface area contributed by atoms with E-state index >= 15 is 0 Å². The lowest BCUT2D eigenvalue weighted by atomic mass is 10.2. The molecule has 0 aromatic heterocycles. The molecular weight excluding hydrogens is 276 g/mol. The molecule has 0 amide bonds. The Labute approximate surface area is 103 Å². The van der Waals surface area contributed by atoms with Crippen LogP contribution in [0.5, 0.6) is 5.75 Å². The second-order valence-electron chi connectivity index (χ2n) is 2.85. The second-order valence-corrected chi connectivity index (χ2v) is 5.15. The summed E-state index contributed by atoms with van der Waals surface area (Å²) in [6.45, 7) is 2.75. The fourth-order valence-electron chi connectivity index (χ4n) is 1.10. The van der Waals surface area contributed by atoms with Gasteiger partial charge in [0.2, 0.25) is 0 Å². The van der Waals surface area contributed by atoms with Crippen LogP contribution in [0.15, 0.2) is 22.7 Å². The fraction of sp³-hybridized carbons (Fsp3) is 0.364. The van der Waals surface area contributed by atoms with Crippen molar-refractivity contribution in [2.75, 3.05) is 18.1 Å². The van der Waals surface area contributed by atoms with Crippen molar-refractivity contribution in [3.63, 3.8) is 0 Å². The number of halogens is 1. The van der Waals surface area contributed by atoms with E-state index in [1.165, 1.54) is 0 Å². The lowest BCUT2D eigenvalue weighted by Gasteiger charge is -2.07. The molecule has 0 bridgehead atoms. The summed E-state index contributed by atoms with van der Waals surface area (Å²) in [6, 6.07) is 5.44. The Morgan fingerprint density at radius 3 is 3.00 bits per heavy atom. The minimum absolute atomic E-state index is 0.589. The summed E-state index contributed by atoms with van der Waals surface area (Å²) >= 11 is 5.13. The highest BCUT2D eigenvalue weighted by Gasteiger charge is 2.02. The first kappa shape index (κ1) is 12.6. The standard InChI is InChI=1S/C11H13BrO2S/c1-2-15-6-5-14-11-4-3-10(12)7-9(11)8-13/h3-4,7-8H,2,5-6H2,1H3. The Balaban J connectivity index is 2.56. The van der Waals surface area contributed by atoms with Crippen molar-refractivity contribution < 1.29 is 9.53 Å². The highest BCUT2D eigenvalue weighted by atomic mass is 79.9. The van der Waals surface area contributed by atoms with Gasteiger partial charge in [-0.1, -0.05) is 22.9 Å². The molecule has 15 heavy (non-hydrogen) atoms. The highest BCUT2D eigenvalue weighted by Crippen LogP contribution is 2.21. The van der Waals surface area contributed by atoms with Crippen molar-refractivity contribution in [2.24, 2.45) is 0 Å². The maximum Gasteiger partial charge on any atom is 0.153 e. The molecule has 0 fully saturated rings. The molecule has 0 atom stereocenters. The van der Waals surface area contributed by atoms with E-state index in [9.17, 15) is 4.79 Å². The van der Waals surface area contributed by atoms with Crippen LogP contribution >= 0.6 is 27.7 Å². The zero-order valence-electron chi connectivity index (χ0n) is 8.53. The quantitative estimate of drug-likeness (QED) is 0.593. The molecule has 0 radical (unpaired) electrons. The number of ether oxygens (including phenoxy) is 1. The zero-order chi connectivity index (χ0) is 11.1. The third kappa shape index (κ3) is 4.26. The molecule has 1 aromatic rings. The van der Waals surface area contributed by atoms with Gasteiger partial charge in [0.1, 0.15) is 5.75 Å². The molecule has 0 unspecified atom stereocenters. The van der Waals surface area contributed by atoms with Gasteiger partial charge in [0.05, 0.1) is 12.2 Å². The van der Waals surface area contributed by atoms with Gasteiger partial charge < -0.3 is 4.74 Å². The molecule has 1 aromatic carbocycles. The molecule has 0 aliphatic heterocycles. The second kappa shape index (κ2) is 6.90. The molecule has 1 rings (SSSR count). The Hall–Kier alpha value is -0.480. The molecule has 0 saturated heterocycles. The number of aldehydes is 1. The smallest absolute Gasteiger partial charge is 0.153 e. The summed E-state index contributed by atoms with van der Waals surface area (Å²) in [4.78, 5) is 10.8. The fourth-order valence-corrected chi connectivity index (χ4v) is 1.97. The number of carbonyl (C=O) groups excluding carboxylic acids is 1. The Kier molecular flexibility index (Phi) is 5.79. The Bertz CT molecular complexity index is 328. The topological polar surface area (TPSA) is 26.3 Å². The van der Waals surface area contributed by atoms with Crippen LogP contribution in [0.2, 0.25) is 0 Å². The molecule has 4 heteroatoms. The van der Waals surface area contributed by atoms with Gasteiger partial charge >= 0.3 is 0 Å². The van der Waals surface area contributed by atoms with Gasteiger partial charge in [-0.2, -0.15) is 11.8 Å². The predicted molar refractivity (Wildman–Crippen MR) is 68.0 cm³/mol. The molecule has 82 valence electrons. The molecule has 0 aliphatic rings. The Morgan fingerprint density at radius 2 is 2.33 bits per heavy atom. The molecule has 0 N–H and O–H groups in total. The maximum atomic E-state index is 10.8. The van der Waals surface area contributed by atoms with Gasteiger partial charge in [0.15, 0.2) is 6.29 Å². The normalized spacial score (nSPS) is 10.0. The van der Waals surface area contributed by atoms with Gasteiger partial charge in [0.25, 0.3) is 0 Å². The summed E-state index contributed by atoms with van der Waals surface area (Å²) in [6.07, 6.45) is 0.813. The third-order valence-electron chi connectivity index (χ3n) is 1.79. The molecular formula is C11H13BrO2S. The van der Waals surface area contributed by atoms with E-state index in [2.05, 4.69) is 22.9 Å². The Morgan fingerprint density at radius 1 is 1.53 bits per heavy atom. The van der Waals surface area contributed by atoms with Gasteiger partial charge in [-0.05, 0) is 24.0 Å². The molecule has 0 heterocycles. The van der Waals surface area contributed by atoms with E-state index in [0.29, 0.717) is 17.9 Å². The highest BCUT2D eigenvalue weighted by molar-refractivity contribution is 9.10. The van der Waals surface area contributed by atoms with Crippen molar-refractivity contribution >= 4 is 34.0 Å². The first-order chi connectivity index (χ1) is 7.27. The number of benzene rings is 1. The molecule has 2 nitrogen and oxygen atoms in total. The van der Waals surface area contributed by atoms with E-state index in [-0.39, 0.29) is 0 Å². The monoisotopic (exact) mass is 288 g/mol. The average molecular weight is 289 g/mol. The predicted octanol–water partition coefficient (Wildman–Crippen LogP) is 3.39. The van der Waals surface area contributed by atoms with E-state index in [1.807, 2.05) is 23.9 Å². The first-order valence-electron chi connectivity index (χ1n) is 4.73. The van der Waals surface area contributed by atoms with Crippen LogP contribution in [0.25, 0.3) is 0 Å². The number of rotatable bonds is 6. The summed E-state index contributed by atoms with van der Waals surface area (Å²) < 4.78 is 6.40. The minimum atomic E-state index is 0.589. The maximum absolute atomic E-state index is 10.8. The van der Waals surface area contributed by atoms with Gasteiger partial charge in [-0.3, -0.25) is 4.79 Å². The van der Waals surface area contributed by atoms with Crippen molar-refractivity contribution in [3.05, 3.63) is 28.2 Å². The van der Waals surface area contributed by atoms with Gasteiger partial charge in [-0.25, -0.2) is 0 Å². The number of hydrogen-bond acceptors (Lipinski definition) is 3. The minimum Gasteiger partial charge on any atom is -0.492 e. The molecule has 0 aliphatic carbocycles. The van der Waals surface area contributed by atoms with E-state index in [1.54, 1.807) is 6.07 Å². The van der Waals surface area contributed by atoms with Crippen LogP contribution in [-0.4, -0.2) is 24.4 Å². The van der Waals surface area contributed by atoms with E-state index in [4.69, 9.17) is 4.74 Å². The van der Waals surface area contributed by atoms with Crippen LogP contribution in [0.3, 0.4) is 0 Å². The lowest BCUT2D eigenvalue weighted by Crippen LogP contribution is -2.02. The summed E-state index contributed by atoms with van der Waals surface area (Å²) in [7, 11) is 0. The zero-order valence-corrected chi connectivity index (χ0v) is 10.9. The third-order valence-corrected chi connectivity index (χ3v) is 3.15. The van der Waals surface area contributed by atoms with Crippen LogP contribution < -0.4 is 4.74 Å². The van der Waals surface area contributed by atoms with Crippen molar-refractivity contribution in [1.82, 2.24) is 0 Å². The number of carbonyl (C=O) groups is 1. The van der Waals surface area contributed by atoms with E-state index < -0.39 is 0 Å². The van der Waals surface area contributed by atoms with Gasteiger partial charge in [0, 0.05) is 10.2 Å². The molecule has 0 spiro atoms. The number of hydrogen-bond donors (Lipinski definition) is 0. The summed E-state index contributed by atoms with van der Waals surface area (Å²) in [5.74, 6) is 2.69. The summed E-state index contributed by atoms with van der Waals surface area (Å²) in [5.41, 5.74) is 0.589. The van der Waals surface area contributed by atoms with Crippen LogP contribution in [0.4, 0.5) is 0 Å².